The van der Waals surface area contributed by atoms with E-state index in [-0.39, 0.29) is 5.91 Å². The van der Waals surface area contributed by atoms with Crippen LogP contribution >= 0.6 is 15.9 Å². The van der Waals surface area contributed by atoms with Crippen LogP contribution in [0.25, 0.3) is 0 Å². The summed E-state index contributed by atoms with van der Waals surface area (Å²) in [7, 11) is 1.77. The van der Waals surface area contributed by atoms with E-state index in [0.717, 1.165) is 16.6 Å². The van der Waals surface area contributed by atoms with Gasteiger partial charge in [0.1, 0.15) is 5.82 Å². The summed E-state index contributed by atoms with van der Waals surface area (Å²) in [5, 5.41) is 2.97. The van der Waals surface area contributed by atoms with Gasteiger partial charge in [0.25, 0.3) is 5.91 Å². The largest absolute Gasteiger partial charge is 0.372 e. The number of nitrogens with one attached hydrogen (secondary N) is 1. The first kappa shape index (κ1) is 13.1. The number of amides is 1. The zero-order chi connectivity index (χ0) is 14.1. The maximum absolute atomic E-state index is 12.8. The molecule has 0 atom stereocenters. The lowest BCUT2D eigenvalue weighted by Gasteiger charge is -2.18. The van der Waals surface area contributed by atoms with Crippen molar-refractivity contribution in [3.63, 3.8) is 0 Å². The van der Waals surface area contributed by atoms with Gasteiger partial charge in [0, 0.05) is 29.9 Å². The molecule has 1 amide bonds. The number of halogens is 1. The van der Waals surface area contributed by atoms with Crippen molar-refractivity contribution in [2.75, 3.05) is 23.8 Å². The first-order valence-corrected chi connectivity index (χ1v) is 7.23. The van der Waals surface area contributed by atoms with E-state index in [9.17, 15) is 4.79 Å². The van der Waals surface area contributed by atoms with E-state index in [1.807, 2.05) is 29.2 Å². The maximum atomic E-state index is 12.8. The smallest absolute Gasteiger partial charge is 0.262 e. The molecular weight excluding hydrogens is 318 g/mol. The Hall–Kier alpha value is -1.88. The van der Waals surface area contributed by atoms with E-state index in [1.54, 1.807) is 13.2 Å². The molecule has 0 aliphatic carbocycles. The Balaban J connectivity index is 2.00. The van der Waals surface area contributed by atoms with E-state index in [0.29, 0.717) is 17.9 Å². The predicted octanol–water partition coefficient (Wildman–Crippen LogP) is 3.09. The maximum Gasteiger partial charge on any atom is 0.262 e. The van der Waals surface area contributed by atoms with E-state index >= 15 is 0 Å². The second kappa shape index (κ2) is 5.25. The summed E-state index contributed by atoms with van der Waals surface area (Å²) < 4.78 is 0.798. The molecule has 2 aromatic rings. The molecular formula is C15H14BrN3O. The van der Waals surface area contributed by atoms with Crippen LogP contribution in [-0.4, -0.2) is 24.5 Å². The molecule has 0 radical (unpaired) electrons. The number of para-hydroxylation sites is 1. The molecule has 0 fully saturated rings. The standard InChI is InChI=1S/C15H14BrN3O/c1-17-14-12(8-11(16)9-18-14)15(20)19-7-6-10-4-2-3-5-13(10)19/h2-5,8-9H,6-7H2,1H3,(H,17,18). The first-order valence-electron chi connectivity index (χ1n) is 6.44. The van der Waals surface area contributed by atoms with Gasteiger partial charge < -0.3 is 10.2 Å². The Morgan fingerprint density at radius 3 is 3.00 bits per heavy atom. The number of hydrogen-bond donors (Lipinski definition) is 1. The first-order chi connectivity index (χ1) is 9.70. The SMILES string of the molecule is CNc1ncc(Br)cc1C(=O)N1CCc2ccccc21. The molecule has 0 saturated heterocycles. The topological polar surface area (TPSA) is 45.2 Å². The van der Waals surface area contributed by atoms with Crippen LogP contribution in [0.4, 0.5) is 11.5 Å². The highest BCUT2D eigenvalue weighted by Crippen LogP contribution is 2.30. The highest BCUT2D eigenvalue weighted by Gasteiger charge is 2.27. The molecule has 1 aromatic carbocycles. The summed E-state index contributed by atoms with van der Waals surface area (Å²) in [5.41, 5.74) is 2.80. The van der Waals surface area contributed by atoms with Crippen LogP contribution in [-0.2, 0) is 6.42 Å². The minimum absolute atomic E-state index is 0.0203. The van der Waals surface area contributed by atoms with Crippen molar-refractivity contribution in [3.05, 3.63) is 52.1 Å². The quantitative estimate of drug-likeness (QED) is 0.919. The Labute approximate surface area is 126 Å². The van der Waals surface area contributed by atoms with Crippen LogP contribution in [0.1, 0.15) is 15.9 Å². The molecule has 1 aromatic heterocycles. The third-order valence-electron chi connectivity index (χ3n) is 3.45. The normalized spacial score (nSPS) is 13.2. The summed E-state index contributed by atoms with van der Waals surface area (Å²) in [6.07, 6.45) is 2.58. The molecule has 20 heavy (non-hydrogen) atoms. The van der Waals surface area contributed by atoms with Gasteiger partial charge in [-0.25, -0.2) is 4.98 Å². The van der Waals surface area contributed by atoms with Gasteiger partial charge in [0.2, 0.25) is 0 Å². The molecule has 0 bridgehead atoms. The fourth-order valence-electron chi connectivity index (χ4n) is 2.50. The van der Waals surface area contributed by atoms with Gasteiger partial charge in [-0.05, 0) is 40.0 Å². The third kappa shape index (κ3) is 2.18. The second-order valence-electron chi connectivity index (χ2n) is 4.64. The predicted molar refractivity (Wildman–Crippen MR) is 83.3 cm³/mol. The van der Waals surface area contributed by atoms with Gasteiger partial charge in [-0.15, -0.1) is 0 Å². The molecule has 4 nitrogen and oxygen atoms in total. The number of fused-ring (bicyclic) bond motifs is 1. The lowest BCUT2D eigenvalue weighted by Crippen LogP contribution is -2.29. The van der Waals surface area contributed by atoms with Crippen molar-refractivity contribution in [2.24, 2.45) is 0 Å². The van der Waals surface area contributed by atoms with E-state index in [4.69, 9.17) is 0 Å². The van der Waals surface area contributed by atoms with Gasteiger partial charge >= 0.3 is 0 Å². The molecule has 102 valence electrons. The summed E-state index contributed by atoms with van der Waals surface area (Å²) >= 11 is 3.37. The van der Waals surface area contributed by atoms with Crippen molar-refractivity contribution in [2.45, 2.75) is 6.42 Å². The molecule has 2 heterocycles. The van der Waals surface area contributed by atoms with Crippen molar-refractivity contribution in [3.8, 4) is 0 Å². The number of anilines is 2. The number of benzene rings is 1. The van der Waals surface area contributed by atoms with Crippen molar-refractivity contribution >= 4 is 33.3 Å². The average Bonchev–Trinajstić information content (AvgIpc) is 2.90. The Morgan fingerprint density at radius 2 is 2.20 bits per heavy atom. The highest BCUT2D eigenvalue weighted by molar-refractivity contribution is 9.10. The lowest BCUT2D eigenvalue weighted by atomic mass is 10.1. The summed E-state index contributed by atoms with van der Waals surface area (Å²) in [4.78, 5) is 18.8. The Bertz CT molecular complexity index is 672. The molecule has 1 aliphatic rings. The van der Waals surface area contributed by atoms with Crippen LogP contribution in [0, 0.1) is 0 Å². The zero-order valence-electron chi connectivity index (χ0n) is 11.1. The van der Waals surface area contributed by atoms with Crippen LogP contribution in [0.3, 0.4) is 0 Å². The fourth-order valence-corrected chi connectivity index (χ4v) is 2.83. The lowest BCUT2D eigenvalue weighted by molar-refractivity contribution is 0.0990. The number of nitrogens with zero attached hydrogens (tertiary/aromatic N) is 2. The number of rotatable bonds is 2. The highest BCUT2D eigenvalue weighted by atomic mass is 79.9. The van der Waals surface area contributed by atoms with Crippen LogP contribution in [0.5, 0.6) is 0 Å². The zero-order valence-corrected chi connectivity index (χ0v) is 12.6. The van der Waals surface area contributed by atoms with Crippen molar-refractivity contribution in [1.29, 1.82) is 0 Å². The number of pyridine rings is 1. The van der Waals surface area contributed by atoms with Crippen molar-refractivity contribution < 1.29 is 4.79 Å². The summed E-state index contributed by atoms with van der Waals surface area (Å²) in [6, 6.07) is 9.84. The summed E-state index contributed by atoms with van der Waals surface area (Å²) in [5.74, 6) is 0.579. The van der Waals surface area contributed by atoms with E-state index < -0.39 is 0 Å². The van der Waals surface area contributed by atoms with Crippen LogP contribution in [0.15, 0.2) is 41.0 Å². The van der Waals surface area contributed by atoms with Crippen molar-refractivity contribution in [1.82, 2.24) is 4.98 Å². The monoisotopic (exact) mass is 331 g/mol. The minimum atomic E-state index is -0.0203. The Kier molecular flexibility index (Phi) is 3.44. The van der Waals surface area contributed by atoms with Gasteiger partial charge in [0.05, 0.1) is 5.56 Å². The van der Waals surface area contributed by atoms with Crippen LogP contribution in [0.2, 0.25) is 0 Å². The van der Waals surface area contributed by atoms with Gasteiger partial charge in [-0.3, -0.25) is 4.79 Å². The summed E-state index contributed by atoms with van der Waals surface area (Å²) in [6.45, 7) is 0.716. The third-order valence-corrected chi connectivity index (χ3v) is 3.89. The van der Waals surface area contributed by atoms with Gasteiger partial charge in [-0.1, -0.05) is 18.2 Å². The fraction of sp³-hybridized carbons (Fsp3) is 0.200. The molecule has 0 spiro atoms. The number of carbonyl (C=O) groups is 1. The molecule has 0 saturated carbocycles. The molecule has 3 rings (SSSR count). The molecule has 5 heteroatoms. The molecule has 1 N–H and O–H groups in total. The number of aromatic nitrogens is 1. The average molecular weight is 332 g/mol. The molecule has 0 unspecified atom stereocenters. The van der Waals surface area contributed by atoms with Gasteiger partial charge in [0.15, 0.2) is 0 Å². The molecule has 1 aliphatic heterocycles. The van der Waals surface area contributed by atoms with Gasteiger partial charge in [-0.2, -0.15) is 0 Å². The van der Waals surface area contributed by atoms with E-state index in [1.165, 1.54) is 5.56 Å². The van der Waals surface area contributed by atoms with E-state index in [2.05, 4.69) is 32.3 Å². The number of hydrogen-bond acceptors (Lipinski definition) is 3. The number of carbonyl (C=O) groups excluding carboxylic acids is 1. The second-order valence-corrected chi connectivity index (χ2v) is 5.55. The minimum Gasteiger partial charge on any atom is -0.372 e. The Morgan fingerprint density at radius 1 is 1.40 bits per heavy atom. The van der Waals surface area contributed by atoms with Crippen LogP contribution < -0.4 is 10.2 Å².